The Kier molecular flexibility index (Phi) is 3.83. The summed E-state index contributed by atoms with van der Waals surface area (Å²) in [5.74, 6) is 1.15. The molecule has 0 aliphatic rings. The number of aromatic nitrogens is 2. The number of aryl methyl sites for hydroxylation is 2. The van der Waals surface area contributed by atoms with Gasteiger partial charge in [-0.15, -0.1) is 0 Å². The summed E-state index contributed by atoms with van der Waals surface area (Å²) in [6, 6.07) is 9.79. The van der Waals surface area contributed by atoms with Crippen LogP contribution >= 0.6 is 0 Å². The molecule has 98 valence electrons. The normalized spacial score (nSPS) is 10.2. The Morgan fingerprint density at radius 1 is 1.37 bits per heavy atom. The molecule has 19 heavy (non-hydrogen) atoms. The van der Waals surface area contributed by atoms with Gasteiger partial charge in [-0.1, -0.05) is 12.1 Å². The van der Waals surface area contributed by atoms with Gasteiger partial charge in [0.2, 0.25) is 5.88 Å². The molecule has 0 bridgehead atoms. The Morgan fingerprint density at radius 2 is 2.05 bits per heavy atom. The van der Waals surface area contributed by atoms with Crippen molar-refractivity contribution in [2.75, 3.05) is 6.54 Å². The summed E-state index contributed by atoms with van der Waals surface area (Å²) >= 11 is 0. The zero-order valence-electron chi connectivity index (χ0n) is 11.1. The summed E-state index contributed by atoms with van der Waals surface area (Å²) in [5.41, 5.74) is 7.80. The quantitative estimate of drug-likeness (QED) is 0.906. The average Bonchev–Trinajstić information content (AvgIpc) is 2.66. The van der Waals surface area contributed by atoms with Crippen LogP contribution in [0.4, 0.5) is 0 Å². The van der Waals surface area contributed by atoms with Gasteiger partial charge in [0.05, 0.1) is 5.69 Å². The van der Waals surface area contributed by atoms with Crippen molar-refractivity contribution in [1.82, 2.24) is 9.78 Å². The van der Waals surface area contributed by atoms with Gasteiger partial charge in [0.15, 0.2) is 0 Å². The molecule has 0 radical (unpaired) electrons. The molecule has 1 heterocycles. The lowest BCUT2D eigenvalue weighted by Gasteiger charge is -2.07. The van der Waals surface area contributed by atoms with E-state index in [1.807, 2.05) is 24.3 Å². The van der Waals surface area contributed by atoms with E-state index in [4.69, 9.17) is 15.7 Å². The van der Waals surface area contributed by atoms with E-state index >= 15 is 0 Å². The van der Waals surface area contributed by atoms with Crippen molar-refractivity contribution in [3.63, 3.8) is 0 Å². The van der Waals surface area contributed by atoms with Crippen LogP contribution in [0.5, 0.6) is 11.6 Å². The summed E-state index contributed by atoms with van der Waals surface area (Å²) in [6.07, 6.45) is 0.842. The Hall–Kier alpha value is -2.32. The Labute approximate surface area is 112 Å². The molecule has 0 unspecified atom stereocenters. The molecule has 0 spiro atoms. The maximum atomic E-state index is 9.11. The van der Waals surface area contributed by atoms with Gasteiger partial charge in [0, 0.05) is 7.05 Å². The molecule has 2 N–H and O–H groups in total. The van der Waals surface area contributed by atoms with Crippen molar-refractivity contribution in [1.29, 1.82) is 5.26 Å². The Balaban J connectivity index is 2.24. The summed E-state index contributed by atoms with van der Waals surface area (Å²) in [7, 11) is 1.76. The number of hydrogen-bond donors (Lipinski definition) is 1. The lowest BCUT2D eigenvalue weighted by molar-refractivity contribution is 0.429. The van der Waals surface area contributed by atoms with E-state index in [1.165, 1.54) is 0 Å². The molecule has 5 heteroatoms. The van der Waals surface area contributed by atoms with Crippen LogP contribution in [0.2, 0.25) is 0 Å². The fourth-order valence-electron chi connectivity index (χ4n) is 1.89. The second kappa shape index (κ2) is 5.55. The second-order valence-electron chi connectivity index (χ2n) is 4.29. The molecule has 1 aromatic heterocycles. The third kappa shape index (κ3) is 2.75. The minimum Gasteiger partial charge on any atom is -0.438 e. The zero-order chi connectivity index (χ0) is 13.8. The predicted molar refractivity (Wildman–Crippen MR) is 71.9 cm³/mol. The zero-order valence-corrected chi connectivity index (χ0v) is 11.1. The van der Waals surface area contributed by atoms with Crippen LogP contribution in [0.1, 0.15) is 16.8 Å². The number of nitrogens with zero attached hydrogens (tertiary/aromatic N) is 3. The minimum absolute atomic E-state index is 0.464. The number of rotatable bonds is 4. The highest BCUT2D eigenvalue weighted by molar-refractivity contribution is 5.44. The van der Waals surface area contributed by atoms with Crippen molar-refractivity contribution >= 4 is 0 Å². The number of ether oxygens (including phenoxy) is 1. The molecular weight excluding hydrogens is 240 g/mol. The summed E-state index contributed by atoms with van der Waals surface area (Å²) < 4.78 is 7.30. The summed E-state index contributed by atoms with van der Waals surface area (Å²) in [4.78, 5) is 0. The van der Waals surface area contributed by atoms with Crippen molar-refractivity contribution < 1.29 is 4.74 Å². The van der Waals surface area contributed by atoms with Gasteiger partial charge >= 0.3 is 0 Å². The van der Waals surface area contributed by atoms with Gasteiger partial charge in [0.1, 0.15) is 17.4 Å². The van der Waals surface area contributed by atoms with E-state index in [-0.39, 0.29) is 0 Å². The molecule has 0 aliphatic carbocycles. The highest BCUT2D eigenvalue weighted by Crippen LogP contribution is 2.26. The van der Waals surface area contributed by atoms with E-state index in [1.54, 1.807) is 18.7 Å². The first-order valence-corrected chi connectivity index (χ1v) is 6.06. The van der Waals surface area contributed by atoms with Gasteiger partial charge in [-0.3, -0.25) is 0 Å². The van der Waals surface area contributed by atoms with Crippen LogP contribution in [-0.4, -0.2) is 16.3 Å². The monoisotopic (exact) mass is 256 g/mol. The molecule has 0 atom stereocenters. The molecule has 2 aromatic rings. The third-order valence-electron chi connectivity index (χ3n) is 2.85. The number of nitriles is 1. The average molecular weight is 256 g/mol. The molecule has 0 aliphatic heterocycles. The fourth-order valence-corrected chi connectivity index (χ4v) is 1.89. The van der Waals surface area contributed by atoms with E-state index in [0.717, 1.165) is 12.0 Å². The summed E-state index contributed by atoms with van der Waals surface area (Å²) in [5, 5.41) is 13.3. The van der Waals surface area contributed by atoms with Crippen molar-refractivity contribution in [3.05, 3.63) is 41.1 Å². The lowest BCUT2D eigenvalue weighted by Crippen LogP contribution is -2.02. The minimum atomic E-state index is 0.464. The van der Waals surface area contributed by atoms with Gasteiger partial charge in [-0.2, -0.15) is 10.4 Å². The van der Waals surface area contributed by atoms with Gasteiger partial charge in [-0.05, 0) is 37.6 Å². The predicted octanol–water partition coefficient (Wildman–Crippen LogP) is 1.89. The smallest absolute Gasteiger partial charge is 0.235 e. The van der Waals surface area contributed by atoms with E-state index < -0.39 is 0 Å². The SMILES string of the molecule is Cc1nn(C)c(Oc2ccc(CCN)cc2)c1C#N. The highest BCUT2D eigenvalue weighted by atomic mass is 16.5. The van der Waals surface area contributed by atoms with E-state index in [0.29, 0.717) is 29.4 Å². The Morgan fingerprint density at radius 3 is 2.63 bits per heavy atom. The first-order valence-electron chi connectivity index (χ1n) is 6.06. The molecule has 2 rings (SSSR count). The van der Waals surface area contributed by atoms with Crippen LogP contribution in [0.15, 0.2) is 24.3 Å². The van der Waals surface area contributed by atoms with Crippen molar-refractivity contribution in [2.24, 2.45) is 12.8 Å². The first-order chi connectivity index (χ1) is 9.15. The molecule has 0 fully saturated rings. The number of hydrogen-bond acceptors (Lipinski definition) is 4. The molecule has 5 nitrogen and oxygen atoms in total. The van der Waals surface area contributed by atoms with Gasteiger partial charge < -0.3 is 10.5 Å². The molecule has 1 aromatic carbocycles. The number of nitrogens with two attached hydrogens (primary N) is 1. The largest absolute Gasteiger partial charge is 0.438 e. The van der Waals surface area contributed by atoms with Crippen LogP contribution in [0.3, 0.4) is 0 Å². The van der Waals surface area contributed by atoms with Crippen LogP contribution in [-0.2, 0) is 13.5 Å². The maximum absolute atomic E-state index is 9.11. The van der Waals surface area contributed by atoms with E-state index in [2.05, 4.69) is 11.2 Å². The molecule has 0 saturated carbocycles. The van der Waals surface area contributed by atoms with Crippen LogP contribution in [0, 0.1) is 18.3 Å². The van der Waals surface area contributed by atoms with Gasteiger partial charge in [0.25, 0.3) is 0 Å². The summed E-state index contributed by atoms with van der Waals surface area (Å²) in [6.45, 7) is 2.41. The van der Waals surface area contributed by atoms with Crippen LogP contribution < -0.4 is 10.5 Å². The standard InChI is InChI=1S/C14H16N4O/c1-10-13(9-16)14(18(2)17-10)19-12-5-3-11(4-6-12)7-8-15/h3-6H,7-8,15H2,1-2H3. The molecule has 0 saturated heterocycles. The lowest BCUT2D eigenvalue weighted by atomic mass is 10.1. The van der Waals surface area contributed by atoms with Crippen molar-refractivity contribution in [3.8, 4) is 17.7 Å². The molecular formula is C14H16N4O. The Bertz CT molecular complexity index is 608. The fraction of sp³-hybridized carbons (Fsp3) is 0.286. The van der Waals surface area contributed by atoms with Gasteiger partial charge in [-0.25, -0.2) is 4.68 Å². The molecule has 0 amide bonds. The third-order valence-corrected chi connectivity index (χ3v) is 2.85. The maximum Gasteiger partial charge on any atom is 0.235 e. The van der Waals surface area contributed by atoms with E-state index in [9.17, 15) is 0 Å². The second-order valence-corrected chi connectivity index (χ2v) is 4.29. The van der Waals surface area contributed by atoms with Crippen LogP contribution in [0.25, 0.3) is 0 Å². The first kappa shape index (κ1) is 13.1. The number of benzene rings is 1. The topological polar surface area (TPSA) is 76.9 Å². The highest BCUT2D eigenvalue weighted by Gasteiger charge is 2.14. The van der Waals surface area contributed by atoms with Crippen molar-refractivity contribution in [2.45, 2.75) is 13.3 Å².